The van der Waals surface area contributed by atoms with Crippen LogP contribution in [0.4, 0.5) is 0 Å². The van der Waals surface area contributed by atoms with E-state index in [9.17, 15) is 4.79 Å². The Labute approximate surface area is 200 Å². The second-order valence-electron chi connectivity index (χ2n) is 7.52. The second-order valence-corrected chi connectivity index (χ2v) is 9.22. The zero-order valence-corrected chi connectivity index (χ0v) is 19.7. The Balaban J connectivity index is 1.16. The van der Waals surface area contributed by atoms with Crippen LogP contribution in [0.1, 0.15) is 18.5 Å². The van der Waals surface area contributed by atoms with Gasteiger partial charge in [-0.25, -0.2) is 4.98 Å². The van der Waals surface area contributed by atoms with E-state index in [2.05, 4.69) is 25.2 Å². The van der Waals surface area contributed by atoms with Crippen LogP contribution in [0.15, 0.2) is 42.3 Å². The van der Waals surface area contributed by atoms with Crippen LogP contribution in [0.3, 0.4) is 0 Å². The lowest BCUT2D eigenvalue weighted by atomic mass is 10.1. The minimum absolute atomic E-state index is 0.0569. The van der Waals surface area contributed by atoms with Gasteiger partial charge in [-0.05, 0) is 25.0 Å². The van der Waals surface area contributed by atoms with E-state index in [1.807, 2.05) is 6.07 Å². The minimum Gasteiger partial charge on any atom is -0.490 e. The third kappa shape index (κ3) is 6.38. The molecule has 0 bridgehead atoms. The molecule has 0 atom stereocenters. The van der Waals surface area contributed by atoms with Crippen molar-refractivity contribution in [1.82, 2.24) is 25.2 Å². The molecule has 7 nitrogen and oxygen atoms in total. The molecule has 1 fully saturated rings. The number of hydrogen-bond donors (Lipinski definition) is 1. The van der Waals surface area contributed by atoms with Crippen molar-refractivity contribution in [2.75, 3.05) is 26.2 Å². The van der Waals surface area contributed by atoms with Crippen molar-refractivity contribution < 1.29 is 9.53 Å². The van der Waals surface area contributed by atoms with Crippen molar-refractivity contribution in [1.29, 1.82) is 0 Å². The standard InChI is InChI=1S/C22H23Cl2N5O2S/c23-18-2-1-17(10-19(18)24)31-16-3-6-29(7-4-16)8-5-27-22(30)9-15-11-25-12-20(28-15)21-13-26-14-32-21/h1-2,10-14,16H,3-9H2,(H,27,30). The van der Waals surface area contributed by atoms with Crippen molar-refractivity contribution in [3.8, 4) is 16.3 Å². The quantitative estimate of drug-likeness (QED) is 0.510. The highest BCUT2D eigenvalue weighted by atomic mass is 35.5. The molecule has 168 valence electrons. The molecule has 0 radical (unpaired) electrons. The highest BCUT2D eigenvalue weighted by Crippen LogP contribution is 2.28. The number of rotatable bonds is 8. The third-order valence-electron chi connectivity index (χ3n) is 5.19. The van der Waals surface area contributed by atoms with Crippen molar-refractivity contribution in [2.24, 2.45) is 0 Å². The first kappa shape index (κ1) is 22.9. The molecule has 1 saturated heterocycles. The lowest BCUT2D eigenvalue weighted by Gasteiger charge is -2.32. The highest BCUT2D eigenvalue weighted by Gasteiger charge is 2.20. The summed E-state index contributed by atoms with van der Waals surface area (Å²) < 4.78 is 6.03. The molecule has 0 spiro atoms. The van der Waals surface area contributed by atoms with E-state index in [4.69, 9.17) is 27.9 Å². The molecule has 1 aliphatic heterocycles. The van der Waals surface area contributed by atoms with E-state index < -0.39 is 0 Å². The van der Waals surface area contributed by atoms with Gasteiger partial charge in [-0.3, -0.25) is 14.8 Å². The number of aromatic nitrogens is 3. The van der Waals surface area contributed by atoms with Crippen molar-refractivity contribution in [3.05, 3.63) is 58.0 Å². The topological polar surface area (TPSA) is 80.2 Å². The van der Waals surface area contributed by atoms with E-state index >= 15 is 0 Å². The van der Waals surface area contributed by atoms with Gasteiger partial charge in [0.2, 0.25) is 5.91 Å². The smallest absolute Gasteiger partial charge is 0.226 e. The first-order chi connectivity index (χ1) is 15.6. The van der Waals surface area contributed by atoms with E-state index in [0.717, 1.165) is 48.8 Å². The summed E-state index contributed by atoms with van der Waals surface area (Å²) in [6.07, 6.45) is 7.27. The number of hydrogen-bond acceptors (Lipinski definition) is 7. The van der Waals surface area contributed by atoms with E-state index in [1.54, 1.807) is 36.2 Å². The van der Waals surface area contributed by atoms with E-state index in [1.165, 1.54) is 11.3 Å². The summed E-state index contributed by atoms with van der Waals surface area (Å²) >= 11 is 13.5. The van der Waals surface area contributed by atoms with Gasteiger partial charge in [0.15, 0.2) is 0 Å². The van der Waals surface area contributed by atoms with Gasteiger partial charge in [0, 0.05) is 44.6 Å². The summed E-state index contributed by atoms with van der Waals surface area (Å²) in [7, 11) is 0. The van der Waals surface area contributed by atoms with Gasteiger partial charge < -0.3 is 15.0 Å². The first-order valence-corrected chi connectivity index (χ1v) is 12.0. The molecule has 1 aromatic carbocycles. The molecule has 0 saturated carbocycles. The van der Waals surface area contributed by atoms with Crippen molar-refractivity contribution in [2.45, 2.75) is 25.4 Å². The number of thiazole rings is 1. The molecule has 0 aliphatic carbocycles. The summed E-state index contributed by atoms with van der Waals surface area (Å²) in [5, 5.41) is 4.00. The second kappa shape index (κ2) is 11.0. The van der Waals surface area contributed by atoms with Crippen LogP contribution in [0.25, 0.3) is 10.6 Å². The van der Waals surface area contributed by atoms with Crippen LogP contribution in [0, 0.1) is 0 Å². The van der Waals surface area contributed by atoms with Crippen LogP contribution in [-0.4, -0.2) is 58.0 Å². The van der Waals surface area contributed by atoms with E-state index in [0.29, 0.717) is 22.3 Å². The molecule has 1 amide bonds. The van der Waals surface area contributed by atoms with Gasteiger partial charge in [0.1, 0.15) is 17.5 Å². The average Bonchev–Trinajstić information content (AvgIpc) is 3.33. The fraction of sp³-hybridized carbons (Fsp3) is 0.364. The maximum Gasteiger partial charge on any atom is 0.226 e. The average molecular weight is 492 g/mol. The molecule has 3 heterocycles. The molecular formula is C22H23Cl2N5O2S. The number of benzene rings is 1. The summed E-state index contributed by atoms with van der Waals surface area (Å²) in [6.45, 7) is 3.24. The zero-order valence-electron chi connectivity index (χ0n) is 17.3. The zero-order chi connectivity index (χ0) is 22.3. The number of nitrogens with zero attached hydrogens (tertiary/aromatic N) is 4. The van der Waals surface area contributed by atoms with Crippen LogP contribution in [0.5, 0.6) is 5.75 Å². The Hall–Kier alpha value is -2.26. The number of halogens is 2. The SMILES string of the molecule is O=C(Cc1cncc(-c2cncs2)n1)NCCN1CCC(Oc2ccc(Cl)c(Cl)c2)CC1. The van der Waals surface area contributed by atoms with Crippen molar-refractivity contribution >= 4 is 40.4 Å². The van der Waals surface area contributed by atoms with Crippen LogP contribution in [0.2, 0.25) is 10.0 Å². The van der Waals surface area contributed by atoms with Crippen LogP contribution < -0.4 is 10.1 Å². The summed E-state index contributed by atoms with van der Waals surface area (Å²) in [5.74, 6) is 0.686. The Morgan fingerprint density at radius 3 is 2.75 bits per heavy atom. The number of amides is 1. The number of carbonyl (C=O) groups excluding carboxylic acids is 1. The third-order valence-corrected chi connectivity index (χ3v) is 6.72. The molecule has 1 N–H and O–H groups in total. The Bertz CT molecular complexity index is 1040. The van der Waals surface area contributed by atoms with Crippen LogP contribution >= 0.6 is 34.5 Å². The van der Waals surface area contributed by atoms with Gasteiger partial charge >= 0.3 is 0 Å². The summed E-state index contributed by atoms with van der Waals surface area (Å²) in [4.78, 5) is 28.3. The lowest BCUT2D eigenvalue weighted by molar-refractivity contribution is -0.120. The highest BCUT2D eigenvalue weighted by molar-refractivity contribution is 7.13. The van der Waals surface area contributed by atoms with Gasteiger partial charge in [-0.2, -0.15) is 0 Å². The van der Waals surface area contributed by atoms with Gasteiger partial charge in [-0.15, -0.1) is 11.3 Å². The Morgan fingerprint density at radius 1 is 1.16 bits per heavy atom. The van der Waals surface area contributed by atoms with Crippen LogP contribution in [-0.2, 0) is 11.2 Å². The minimum atomic E-state index is -0.0569. The lowest BCUT2D eigenvalue weighted by Crippen LogP contribution is -2.42. The molecule has 0 unspecified atom stereocenters. The molecule has 32 heavy (non-hydrogen) atoms. The summed E-state index contributed by atoms with van der Waals surface area (Å²) in [6, 6.07) is 5.34. The number of nitrogens with one attached hydrogen (secondary N) is 1. The predicted molar refractivity (Wildman–Crippen MR) is 126 cm³/mol. The van der Waals surface area contributed by atoms with Crippen molar-refractivity contribution in [3.63, 3.8) is 0 Å². The number of likely N-dealkylation sites (tertiary alicyclic amines) is 1. The maximum atomic E-state index is 12.3. The molecular weight excluding hydrogens is 469 g/mol. The molecule has 1 aliphatic rings. The van der Waals surface area contributed by atoms with E-state index in [-0.39, 0.29) is 18.4 Å². The molecule has 3 aromatic rings. The monoisotopic (exact) mass is 491 g/mol. The van der Waals surface area contributed by atoms with Gasteiger partial charge in [0.25, 0.3) is 0 Å². The number of ether oxygens (including phenoxy) is 1. The predicted octanol–water partition coefficient (Wildman–Crippen LogP) is 4.11. The largest absolute Gasteiger partial charge is 0.490 e. The number of piperidine rings is 1. The molecule has 10 heteroatoms. The molecule has 2 aromatic heterocycles. The van der Waals surface area contributed by atoms with Gasteiger partial charge in [0.05, 0.1) is 38.7 Å². The Morgan fingerprint density at radius 2 is 2.00 bits per heavy atom. The normalized spacial score (nSPS) is 14.9. The fourth-order valence-corrected chi connectivity index (χ4v) is 4.39. The Kier molecular flexibility index (Phi) is 7.91. The fourth-order valence-electron chi connectivity index (χ4n) is 3.53. The van der Waals surface area contributed by atoms with Gasteiger partial charge in [-0.1, -0.05) is 23.2 Å². The summed E-state index contributed by atoms with van der Waals surface area (Å²) in [5.41, 5.74) is 3.14. The first-order valence-electron chi connectivity index (χ1n) is 10.4. The molecule has 4 rings (SSSR count). The number of carbonyl (C=O) groups is 1. The maximum absolute atomic E-state index is 12.3.